The van der Waals surface area contributed by atoms with Gasteiger partial charge >= 0.3 is 0 Å². The summed E-state index contributed by atoms with van der Waals surface area (Å²) in [5.41, 5.74) is 3.60. The highest BCUT2D eigenvalue weighted by molar-refractivity contribution is 5.92. The molecule has 0 bridgehead atoms. The van der Waals surface area contributed by atoms with E-state index in [-0.39, 0.29) is 22.3 Å². The van der Waals surface area contributed by atoms with Gasteiger partial charge in [-0.3, -0.25) is 14.4 Å². The van der Waals surface area contributed by atoms with Crippen molar-refractivity contribution in [2.75, 3.05) is 0 Å². The smallest absolute Gasteiger partial charge is 0.155 e. The fourth-order valence-corrected chi connectivity index (χ4v) is 13.4. The van der Waals surface area contributed by atoms with Crippen LogP contribution in [0, 0.1) is 63.6 Å². The zero-order chi connectivity index (χ0) is 30.3. The third kappa shape index (κ3) is 4.65. The summed E-state index contributed by atoms with van der Waals surface area (Å²) >= 11 is 0. The van der Waals surface area contributed by atoms with Crippen LogP contribution >= 0.6 is 0 Å². The Morgan fingerprint density at radius 1 is 0.674 bits per heavy atom. The van der Waals surface area contributed by atoms with Crippen LogP contribution in [0.25, 0.3) is 0 Å². The maximum Gasteiger partial charge on any atom is 0.155 e. The van der Waals surface area contributed by atoms with Crippen molar-refractivity contribution in [2.24, 2.45) is 63.6 Å². The molecule has 43 heavy (non-hydrogen) atoms. The minimum Gasteiger partial charge on any atom is -0.393 e. The average molecular weight is 589 g/mol. The van der Waals surface area contributed by atoms with Gasteiger partial charge < -0.3 is 5.11 Å². The van der Waals surface area contributed by atoms with Gasteiger partial charge in [0.15, 0.2) is 11.6 Å². The van der Waals surface area contributed by atoms with Crippen molar-refractivity contribution in [3.8, 4) is 0 Å². The molecule has 8 aliphatic carbocycles. The first-order valence-electron chi connectivity index (χ1n) is 18.1. The molecule has 6 fully saturated rings. The largest absolute Gasteiger partial charge is 0.393 e. The molecule has 0 spiro atoms. The number of hydrogen-bond donors (Lipinski definition) is 1. The SMILES string of the molecule is CC(=O)[C@H]1CC[C@H]2[C@@H]3CCC4=CC(=O)CC[C@]4(C)[C@H]3CC[C@]12C.C[C@]12CC[C@H]3[C@@H](CCC4=CC(=O)CC[C@@H]43)[C@@H]1CC[C@@H]2O. The average Bonchev–Trinajstić information content (AvgIpc) is 3.49. The van der Waals surface area contributed by atoms with Crippen molar-refractivity contribution >= 4 is 17.3 Å². The Morgan fingerprint density at radius 2 is 1.37 bits per heavy atom. The standard InChI is InChI=1S/C21H30O2.C18H26O2/c1-13(22)17-6-7-18-16-5-4-14-12-15(23)8-10-20(14,2)19(16)9-11-21(17,18)3;1-18-9-8-14-13-5-3-12(19)10-11(13)2-4-15(14)16(18)6-7-17(18)20/h12,16-19H,4-11H2,1-3H3;10,13-17,20H,2-9H2,1H3/t16-,17+,18-,19-,20-,21+;13-,14+,15+,16-,17-,18-/m00/s1. The van der Waals surface area contributed by atoms with Crippen LogP contribution in [-0.4, -0.2) is 28.6 Å². The van der Waals surface area contributed by atoms with Crippen molar-refractivity contribution in [3.05, 3.63) is 23.3 Å². The Morgan fingerprint density at radius 3 is 2.16 bits per heavy atom. The number of ketones is 3. The summed E-state index contributed by atoms with van der Waals surface area (Å²) in [7, 11) is 0. The van der Waals surface area contributed by atoms with E-state index in [4.69, 9.17) is 0 Å². The summed E-state index contributed by atoms with van der Waals surface area (Å²) in [6, 6.07) is 0. The predicted octanol–water partition coefficient (Wildman–Crippen LogP) is 8.21. The van der Waals surface area contributed by atoms with E-state index in [0.29, 0.717) is 29.2 Å². The number of carbonyl (C=O) groups excluding carboxylic acids is 3. The maximum atomic E-state index is 12.1. The fraction of sp³-hybridized carbons (Fsp3) is 0.821. The first-order chi connectivity index (χ1) is 20.5. The van der Waals surface area contributed by atoms with E-state index < -0.39 is 0 Å². The van der Waals surface area contributed by atoms with Crippen LogP contribution < -0.4 is 0 Å². The summed E-state index contributed by atoms with van der Waals surface area (Å²) in [5, 5.41) is 10.4. The quantitative estimate of drug-likeness (QED) is 0.335. The van der Waals surface area contributed by atoms with Crippen LogP contribution in [0.4, 0.5) is 0 Å². The lowest BCUT2D eigenvalue weighted by molar-refractivity contribution is -0.128. The monoisotopic (exact) mass is 588 g/mol. The van der Waals surface area contributed by atoms with Crippen LogP contribution in [0.2, 0.25) is 0 Å². The van der Waals surface area contributed by atoms with E-state index in [0.717, 1.165) is 86.9 Å². The summed E-state index contributed by atoms with van der Waals surface area (Å²) in [4.78, 5) is 35.6. The highest BCUT2D eigenvalue weighted by Crippen LogP contribution is 2.67. The molecule has 0 aromatic heterocycles. The summed E-state index contributed by atoms with van der Waals surface area (Å²) in [6.07, 6.45) is 21.8. The number of rotatable bonds is 1. The molecule has 0 unspecified atom stereocenters. The van der Waals surface area contributed by atoms with E-state index in [1.165, 1.54) is 62.5 Å². The van der Waals surface area contributed by atoms with Crippen LogP contribution in [0.3, 0.4) is 0 Å². The number of aliphatic hydroxyl groups excluding tert-OH is 1. The third-order valence-corrected chi connectivity index (χ3v) is 15.7. The van der Waals surface area contributed by atoms with Gasteiger partial charge in [-0.25, -0.2) is 0 Å². The molecule has 0 aromatic carbocycles. The highest BCUT2D eigenvalue weighted by Gasteiger charge is 2.60. The predicted molar refractivity (Wildman–Crippen MR) is 169 cm³/mol. The number of aliphatic hydroxyl groups is 1. The number of hydrogen-bond acceptors (Lipinski definition) is 4. The van der Waals surface area contributed by atoms with E-state index in [9.17, 15) is 19.5 Å². The molecule has 8 aliphatic rings. The van der Waals surface area contributed by atoms with Crippen LogP contribution in [0.5, 0.6) is 0 Å². The van der Waals surface area contributed by atoms with Gasteiger partial charge in [-0.05, 0) is 167 Å². The molecule has 0 saturated heterocycles. The second-order valence-corrected chi connectivity index (χ2v) is 17.2. The molecule has 0 aromatic rings. The molecule has 1 N–H and O–H groups in total. The van der Waals surface area contributed by atoms with Crippen molar-refractivity contribution in [2.45, 2.75) is 137 Å². The van der Waals surface area contributed by atoms with Gasteiger partial charge in [0.05, 0.1) is 6.10 Å². The number of fused-ring (bicyclic) bond motifs is 10. The van der Waals surface area contributed by atoms with Gasteiger partial charge in [-0.15, -0.1) is 0 Å². The maximum absolute atomic E-state index is 12.1. The molecule has 0 heterocycles. The summed E-state index contributed by atoms with van der Waals surface area (Å²) < 4.78 is 0. The second kappa shape index (κ2) is 10.8. The molecule has 4 heteroatoms. The lowest BCUT2D eigenvalue weighted by Crippen LogP contribution is -2.51. The minimum absolute atomic E-state index is 0.0710. The Bertz CT molecular complexity index is 1240. The molecule has 0 aliphatic heterocycles. The minimum atomic E-state index is -0.0710. The number of carbonyl (C=O) groups is 3. The van der Waals surface area contributed by atoms with Gasteiger partial charge in [0.2, 0.25) is 0 Å². The molecule has 236 valence electrons. The molecule has 12 atom stereocenters. The Labute approximate surface area is 259 Å². The van der Waals surface area contributed by atoms with Crippen molar-refractivity contribution < 1.29 is 19.5 Å². The van der Waals surface area contributed by atoms with Gasteiger partial charge in [-0.2, -0.15) is 0 Å². The van der Waals surface area contributed by atoms with Gasteiger partial charge in [-0.1, -0.05) is 31.9 Å². The topological polar surface area (TPSA) is 71.4 Å². The normalized spacial score (nSPS) is 49.9. The van der Waals surface area contributed by atoms with Crippen molar-refractivity contribution in [1.29, 1.82) is 0 Å². The molecular weight excluding hydrogens is 532 g/mol. The van der Waals surface area contributed by atoms with Gasteiger partial charge in [0.1, 0.15) is 5.78 Å². The molecule has 6 saturated carbocycles. The van der Waals surface area contributed by atoms with Gasteiger partial charge in [0.25, 0.3) is 0 Å². The second-order valence-electron chi connectivity index (χ2n) is 17.2. The lowest BCUT2D eigenvalue weighted by Gasteiger charge is -2.58. The molecule has 0 amide bonds. The van der Waals surface area contributed by atoms with E-state index >= 15 is 0 Å². The van der Waals surface area contributed by atoms with E-state index in [1.807, 2.05) is 12.2 Å². The molecular formula is C39H56O4. The molecule has 8 rings (SSSR count). The van der Waals surface area contributed by atoms with Crippen molar-refractivity contribution in [1.82, 2.24) is 0 Å². The van der Waals surface area contributed by atoms with Crippen LogP contribution in [0.1, 0.15) is 130 Å². The zero-order valence-electron chi connectivity index (χ0n) is 27.3. The number of allylic oxidation sites excluding steroid dienone is 2. The third-order valence-electron chi connectivity index (χ3n) is 15.7. The lowest BCUT2D eigenvalue weighted by atomic mass is 9.47. The molecule has 0 radical (unpaired) electrons. The highest BCUT2D eigenvalue weighted by atomic mass is 16.3. The molecule has 4 nitrogen and oxygen atoms in total. The Hall–Kier alpha value is -1.55. The van der Waals surface area contributed by atoms with Crippen LogP contribution in [0.15, 0.2) is 23.3 Å². The van der Waals surface area contributed by atoms with Gasteiger partial charge in [0, 0.05) is 18.8 Å². The number of Topliss-reactive ketones (excluding diaryl/α,β-unsaturated/α-hetero) is 1. The first-order valence-corrected chi connectivity index (χ1v) is 18.1. The Kier molecular flexibility index (Phi) is 7.55. The first kappa shape index (κ1) is 30.1. The summed E-state index contributed by atoms with van der Waals surface area (Å²) in [6.45, 7) is 8.98. The summed E-state index contributed by atoms with van der Waals surface area (Å²) in [5.74, 6) is 6.67. The van der Waals surface area contributed by atoms with Crippen LogP contribution in [-0.2, 0) is 14.4 Å². The van der Waals surface area contributed by atoms with Crippen molar-refractivity contribution in [3.63, 3.8) is 0 Å². The zero-order valence-corrected chi connectivity index (χ0v) is 27.3. The van der Waals surface area contributed by atoms with E-state index in [1.54, 1.807) is 6.92 Å². The Balaban J connectivity index is 0.000000141. The fourth-order valence-electron chi connectivity index (χ4n) is 13.4. The van der Waals surface area contributed by atoms with E-state index in [2.05, 4.69) is 20.8 Å².